The van der Waals surface area contributed by atoms with Crippen molar-refractivity contribution >= 4 is 17.5 Å². The van der Waals surface area contributed by atoms with E-state index >= 15 is 0 Å². The highest BCUT2D eigenvalue weighted by molar-refractivity contribution is 6.33. The molecule has 4 heteroatoms. The fourth-order valence-corrected chi connectivity index (χ4v) is 2.63. The van der Waals surface area contributed by atoms with Gasteiger partial charge in [-0.1, -0.05) is 41.9 Å². The Kier molecular flexibility index (Phi) is 5.58. The molecule has 0 unspecified atom stereocenters. The molecular formula is C18H21ClN2O. The number of hydrogen-bond acceptors (Lipinski definition) is 2. The summed E-state index contributed by atoms with van der Waals surface area (Å²) in [4.78, 5) is 13.5. The molecule has 0 fully saturated rings. The van der Waals surface area contributed by atoms with Gasteiger partial charge in [0, 0.05) is 30.2 Å². The maximum Gasteiger partial charge on any atom is 0.253 e. The molecular weight excluding hydrogens is 296 g/mol. The lowest BCUT2D eigenvalue weighted by Gasteiger charge is -2.12. The third-order valence-corrected chi connectivity index (χ3v) is 3.84. The minimum absolute atomic E-state index is 0.0508. The largest absolute Gasteiger partial charge is 0.345 e. The highest BCUT2D eigenvalue weighted by atomic mass is 35.5. The van der Waals surface area contributed by atoms with Gasteiger partial charge >= 0.3 is 0 Å². The summed E-state index contributed by atoms with van der Waals surface area (Å²) in [6.07, 6.45) is 1.92. The SMILES string of the molecule is CN(C)C(=O)c1ccc(-c2cccc(CCCN)c2)c(Cl)c1. The molecule has 22 heavy (non-hydrogen) atoms. The van der Waals surface area contributed by atoms with Crippen LogP contribution in [0.5, 0.6) is 0 Å². The standard InChI is InChI=1S/C18H21ClN2O/c1-21(2)18(22)15-8-9-16(17(19)12-15)14-7-3-5-13(11-14)6-4-10-20/h3,5,7-9,11-12H,4,6,10,20H2,1-2H3. The second-order valence-electron chi connectivity index (χ2n) is 5.49. The molecule has 0 radical (unpaired) electrons. The first-order valence-electron chi connectivity index (χ1n) is 7.33. The molecule has 0 bridgehead atoms. The Labute approximate surface area is 136 Å². The predicted molar refractivity (Wildman–Crippen MR) is 92.3 cm³/mol. The van der Waals surface area contributed by atoms with Gasteiger partial charge in [-0.3, -0.25) is 4.79 Å². The van der Waals surface area contributed by atoms with Gasteiger partial charge in [-0.25, -0.2) is 0 Å². The normalized spacial score (nSPS) is 10.5. The molecule has 0 saturated heterocycles. The van der Waals surface area contributed by atoms with Crippen LogP contribution in [0.3, 0.4) is 0 Å². The fourth-order valence-electron chi connectivity index (χ4n) is 2.34. The van der Waals surface area contributed by atoms with Crippen LogP contribution in [0.25, 0.3) is 11.1 Å². The highest BCUT2D eigenvalue weighted by Crippen LogP contribution is 2.29. The first kappa shape index (κ1) is 16.5. The van der Waals surface area contributed by atoms with E-state index in [9.17, 15) is 4.79 Å². The van der Waals surface area contributed by atoms with E-state index in [1.807, 2.05) is 24.3 Å². The molecule has 0 aliphatic heterocycles. The van der Waals surface area contributed by atoms with Crippen LogP contribution < -0.4 is 5.73 Å². The average Bonchev–Trinajstić information content (AvgIpc) is 2.52. The summed E-state index contributed by atoms with van der Waals surface area (Å²) in [6.45, 7) is 0.687. The van der Waals surface area contributed by atoms with Crippen molar-refractivity contribution in [3.8, 4) is 11.1 Å². The molecule has 0 atom stereocenters. The molecule has 2 N–H and O–H groups in total. The average molecular weight is 317 g/mol. The summed E-state index contributed by atoms with van der Waals surface area (Å²) in [7, 11) is 3.45. The minimum atomic E-state index is -0.0508. The fraction of sp³-hybridized carbons (Fsp3) is 0.278. The number of carbonyl (C=O) groups excluding carboxylic acids is 1. The number of nitrogens with two attached hydrogens (primary N) is 1. The van der Waals surface area contributed by atoms with Crippen LogP contribution in [-0.2, 0) is 6.42 Å². The number of halogens is 1. The molecule has 116 valence electrons. The van der Waals surface area contributed by atoms with Crippen molar-refractivity contribution < 1.29 is 4.79 Å². The number of nitrogens with zero attached hydrogens (tertiary/aromatic N) is 1. The van der Waals surface area contributed by atoms with Crippen molar-refractivity contribution in [3.63, 3.8) is 0 Å². The van der Waals surface area contributed by atoms with Crippen LogP contribution in [0.2, 0.25) is 5.02 Å². The Morgan fingerprint density at radius 1 is 1.18 bits per heavy atom. The van der Waals surface area contributed by atoms with E-state index in [-0.39, 0.29) is 5.91 Å². The summed E-state index contributed by atoms with van der Waals surface area (Å²) >= 11 is 6.38. The Balaban J connectivity index is 2.31. The quantitative estimate of drug-likeness (QED) is 0.916. The van der Waals surface area contributed by atoms with Gasteiger partial charge in [0.15, 0.2) is 0 Å². The van der Waals surface area contributed by atoms with Crippen LogP contribution in [0, 0.1) is 0 Å². The molecule has 3 nitrogen and oxygen atoms in total. The maximum absolute atomic E-state index is 12.0. The highest BCUT2D eigenvalue weighted by Gasteiger charge is 2.11. The summed E-state index contributed by atoms with van der Waals surface area (Å²) in [6, 6.07) is 13.7. The van der Waals surface area contributed by atoms with Crippen molar-refractivity contribution in [2.24, 2.45) is 5.73 Å². The summed E-state index contributed by atoms with van der Waals surface area (Å²) in [5, 5.41) is 0.587. The minimum Gasteiger partial charge on any atom is -0.345 e. The zero-order valence-corrected chi connectivity index (χ0v) is 13.7. The van der Waals surface area contributed by atoms with E-state index < -0.39 is 0 Å². The van der Waals surface area contributed by atoms with Gasteiger partial charge in [0.05, 0.1) is 0 Å². The smallest absolute Gasteiger partial charge is 0.253 e. The zero-order chi connectivity index (χ0) is 16.1. The zero-order valence-electron chi connectivity index (χ0n) is 13.0. The summed E-state index contributed by atoms with van der Waals surface area (Å²) < 4.78 is 0. The van der Waals surface area contributed by atoms with Crippen molar-refractivity contribution in [2.45, 2.75) is 12.8 Å². The maximum atomic E-state index is 12.0. The molecule has 0 aliphatic carbocycles. The Morgan fingerprint density at radius 2 is 1.95 bits per heavy atom. The van der Waals surface area contributed by atoms with Crippen molar-refractivity contribution in [2.75, 3.05) is 20.6 Å². The van der Waals surface area contributed by atoms with E-state index in [0.29, 0.717) is 17.1 Å². The molecule has 2 rings (SSSR count). The first-order chi connectivity index (χ1) is 10.5. The van der Waals surface area contributed by atoms with Gasteiger partial charge < -0.3 is 10.6 Å². The van der Waals surface area contributed by atoms with E-state index in [1.165, 1.54) is 5.56 Å². The lowest BCUT2D eigenvalue weighted by molar-refractivity contribution is 0.0827. The topological polar surface area (TPSA) is 46.3 Å². The Hall–Kier alpha value is -1.84. The van der Waals surface area contributed by atoms with Crippen molar-refractivity contribution in [3.05, 3.63) is 58.6 Å². The van der Waals surface area contributed by atoms with Gasteiger partial charge in [-0.15, -0.1) is 0 Å². The van der Waals surface area contributed by atoms with Gasteiger partial charge in [-0.2, -0.15) is 0 Å². The molecule has 0 aliphatic rings. The lowest BCUT2D eigenvalue weighted by atomic mass is 9.99. The second kappa shape index (κ2) is 7.43. The Bertz CT molecular complexity index is 668. The molecule has 2 aromatic carbocycles. The monoisotopic (exact) mass is 316 g/mol. The molecule has 2 aromatic rings. The van der Waals surface area contributed by atoms with Gasteiger partial charge in [0.1, 0.15) is 0 Å². The number of aryl methyl sites for hydroxylation is 1. The third kappa shape index (κ3) is 3.87. The number of amides is 1. The Morgan fingerprint density at radius 3 is 2.59 bits per heavy atom. The van der Waals surface area contributed by atoms with Crippen molar-refractivity contribution in [1.29, 1.82) is 0 Å². The van der Waals surface area contributed by atoms with Crippen LogP contribution in [0.4, 0.5) is 0 Å². The van der Waals surface area contributed by atoms with Crippen LogP contribution in [0.15, 0.2) is 42.5 Å². The van der Waals surface area contributed by atoms with E-state index in [1.54, 1.807) is 25.1 Å². The number of rotatable bonds is 5. The number of carbonyl (C=O) groups is 1. The number of hydrogen-bond donors (Lipinski definition) is 1. The summed E-state index contributed by atoms with van der Waals surface area (Å²) in [5.41, 5.74) is 9.40. The third-order valence-electron chi connectivity index (χ3n) is 3.53. The van der Waals surface area contributed by atoms with Gasteiger partial charge in [0.2, 0.25) is 0 Å². The molecule has 0 aromatic heterocycles. The molecule has 0 saturated carbocycles. The van der Waals surface area contributed by atoms with Crippen LogP contribution >= 0.6 is 11.6 Å². The molecule has 1 amide bonds. The van der Waals surface area contributed by atoms with E-state index in [4.69, 9.17) is 17.3 Å². The lowest BCUT2D eigenvalue weighted by Crippen LogP contribution is -2.21. The molecule has 0 spiro atoms. The predicted octanol–water partition coefficient (Wildman–Crippen LogP) is 3.60. The first-order valence-corrected chi connectivity index (χ1v) is 7.71. The van der Waals surface area contributed by atoms with Gasteiger partial charge in [-0.05, 0) is 42.6 Å². The van der Waals surface area contributed by atoms with Crippen LogP contribution in [-0.4, -0.2) is 31.4 Å². The van der Waals surface area contributed by atoms with E-state index in [0.717, 1.165) is 24.0 Å². The van der Waals surface area contributed by atoms with Crippen LogP contribution in [0.1, 0.15) is 22.3 Å². The van der Waals surface area contributed by atoms with Crippen molar-refractivity contribution in [1.82, 2.24) is 4.90 Å². The van der Waals surface area contributed by atoms with E-state index in [2.05, 4.69) is 12.1 Å². The van der Waals surface area contributed by atoms with Gasteiger partial charge in [0.25, 0.3) is 5.91 Å². The molecule has 0 heterocycles. The number of benzene rings is 2. The summed E-state index contributed by atoms with van der Waals surface area (Å²) in [5.74, 6) is -0.0508. The second-order valence-corrected chi connectivity index (χ2v) is 5.89.